The van der Waals surface area contributed by atoms with E-state index >= 15 is 0 Å². The van der Waals surface area contributed by atoms with Crippen molar-refractivity contribution >= 4 is 6.08 Å². The highest BCUT2D eigenvalue weighted by Gasteiger charge is 2.30. The Morgan fingerprint density at radius 1 is 0.818 bits per heavy atom. The lowest BCUT2D eigenvalue weighted by molar-refractivity contribution is 0.146. The smallest absolute Gasteiger partial charge is 0.211 e. The van der Waals surface area contributed by atoms with E-state index in [1.54, 1.807) is 6.08 Å². The summed E-state index contributed by atoms with van der Waals surface area (Å²) in [6, 6.07) is 0. The van der Waals surface area contributed by atoms with E-state index in [1.165, 1.54) is 96.3 Å². The number of hydrogen-bond acceptors (Lipinski definition) is 2. The molecule has 0 aliphatic heterocycles. The Bertz CT molecular complexity index is 301. The molecular formula is C20H37NO. The van der Waals surface area contributed by atoms with Crippen LogP contribution in [0.2, 0.25) is 0 Å². The fourth-order valence-corrected chi connectivity index (χ4v) is 4.12. The van der Waals surface area contributed by atoms with Gasteiger partial charge in [0.2, 0.25) is 6.08 Å². The molecule has 1 fully saturated rings. The molecule has 0 N–H and O–H groups in total. The lowest BCUT2D eigenvalue weighted by Gasteiger charge is -2.38. The normalized spacial score (nSPS) is 17.1. The van der Waals surface area contributed by atoms with Gasteiger partial charge in [0.05, 0.1) is 6.54 Å². The first-order valence-corrected chi connectivity index (χ1v) is 9.87. The van der Waals surface area contributed by atoms with Crippen LogP contribution < -0.4 is 0 Å². The fourth-order valence-electron chi connectivity index (χ4n) is 4.12. The molecule has 0 unspecified atom stereocenters. The predicted octanol–water partition coefficient (Wildman–Crippen LogP) is 6.58. The molecule has 22 heavy (non-hydrogen) atoms. The molecule has 2 heteroatoms. The molecule has 0 amide bonds. The molecule has 0 aromatic heterocycles. The first-order chi connectivity index (χ1) is 10.8. The van der Waals surface area contributed by atoms with E-state index in [9.17, 15) is 4.79 Å². The van der Waals surface area contributed by atoms with Gasteiger partial charge in [-0.3, -0.25) is 0 Å². The largest absolute Gasteiger partial charge is 0.234 e. The summed E-state index contributed by atoms with van der Waals surface area (Å²) < 4.78 is 0. The molecule has 0 bridgehead atoms. The molecule has 1 rings (SSSR count). The zero-order chi connectivity index (χ0) is 15.9. The van der Waals surface area contributed by atoms with Gasteiger partial charge in [-0.25, -0.2) is 9.79 Å². The van der Waals surface area contributed by atoms with E-state index in [0.717, 1.165) is 6.42 Å². The molecule has 1 saturated carbocycles. The summed E-state index contributed by atoms with van der Waals surface area (Å²) in [7, 11) is 0. The minimum atomic E-state index is 0.671. The van der Waals surface area contributed by atoms with Crippen LogP contribution in [0.15, 0.2) is 4.99 Å². The van der Waals surface area contributed by atoms with Crippen LogP contribution in [0.3, 0.4) is 0 Å². The molecule has 2 nitrogen and oxygen atoms in total. The van der Waals surface area contributed by atoms with Gasteiger partial charge < -0.3 is 0 Å². The van der Waals surface area contributed by atoms with Gasteiger partial charge >= 0.3 is 0 Å². The van der Waals surface area contributed by atoms with E-state index in [-0.39, 0.29) is 0 Å². The molecule has 0 aromatic rings. The van der Waals surface area contributed by atoms with E-state index in [2.05, 4.69) is 11.9 Å². The highest BCUT2D eigenvalue weighted by Crippen LogP contribution is 2.44. The second-order valence-corrected chi connectivity index (χ2v) is 7.36. The van der Waals surface area contributed by atoms with Crippen molar-refractivity contribution in [2.24, 2.45) is 10.4 Å². The number of aliphatic imine (C=N–C) groups is 1. The molecule has 0 aromatic carbocycles. The van der Waals surface area contributed by atoms with Crippen molar-refractivity contribution < 1.29 is 4.79 Å². The fraction of sp³-hybridized carbons (Fsp3) is 0.950. The van der Waals surface area contributed by atoms with Crippen LogP contribution >= 0.6 is 0 Å². The van der Waals surface area contributed by atoms with Crippen molar-refractivity contribution in [1.29, 1.82) is 0 Å². The van der Waals surface area contributed by atoms with Gasteiger partial charge in [-0.2, -0.15) is 0 Å². The van der Waals surface area contributed by atoms with Gasteiger partial charge in [0, 0.05) is 0 Å². The standard InChI is InChI=1S/C20H37NO/c1-2-3-4-9-14-20(16-11-8-12-17-20)15-10-6-5-7-13-18-21-19-22/h2-18H2,1H3. The Morgan fingerprint density at radius 2 is 1.41 bits per heavy atom. The van der Waals surface area contributed by atoms with Crippen molar-refractivity contribution in [3.8, 4) is 0 Å². The molecule has 0 radical (unpaired) electrons. The minimum Gasteiger partial charge on any atom is -0.211 e. The summed E-state index contributed by atoms with van der Waals surface area (Å²) in [5.41, 5.74) is 0.702. The van der Waals surface area contributed by atoms with E-state index < -0.39 is 0 Å². The molecular weight excluding hydrogens is 270 g/mol. The van der Waals surface area contributed by atoms with Gasteiger partial charge in [-0.15, -0.1) is 0 Å². The third kappa shape index (κ3) is 8.73. The van der Waals surface area contributed by atoms with Crippen LogP contribution in [-0.2, 0) is 4.79 Å². The molecule has 128 valence electrons. The summed E-state index contributed by atoms with van der Waals surface area (Å²) in [5, 5.41) is 0. The molecule has 0 saturated heterocycles. The summed E-state index contributed by atoms with van der Waals surface area (Å²) in [5.74, 6) is 0. The quantitative estimate of drug-likeness (QED) is 0.214. The van der Waals surface area contributed by atoms with Crippen LogP contribution in [0.1, 0.15) is 110 Å². The number of rotatable bonds is 13. The Kier molecular flexibility index (Phi) is 11.4. The third-order valence-corrected chi connectivity index (χ3v) is 5.52. The Morgan fingerprint density at radius 3 is 2.05 bits per heavy atom. The average Bonchev–Trinajstić information content (AvgIpc) is 2.55. The highest BCUT2D eigenvalue weighted by atomic mass is 16.1. The van der Waals surface area contributed by atoms with Crippen LogP contribution in [0.4, 0.5) is 0 Å². The summed E-state index contributed by atoms with van der Waals surface area (Å²) in [4.78, 5) is 13.6. The van der Waals surface area contributed by atoms with Gasteiger partial charge in [-0.1, -0.05) is 77.6 Å². The summed E-state index contributed by atoms with van der Waals surface area (Å²) in [6.07, 6.45) is 24.0. The van der Waals surface area contributed by atoms with Crippen molar-refractivity contribution in [3.05, 3.63) is 0 Å². The van der Waals surface area contributed by atoms with Crippen molar-refractivity contribution in [1.82, 2.24) is 0 Å². The van der Waals surface area contributed by atoms with Crippen LogP contribution in [-0.4, -0.2) is 12.6 Å². The van der Waals surface area contributed by atoms with Gasteiger partial charge in [0.1, 0.15) is 0 Å². The van der Waals surface area contributed by atoms with Crippen LogP contribution in [0, 0.1) is 5.41 Å². The first kappa shape index (κ1) is 19.4. The Hall–Kier alpha value is -0.620. The zero-order valence-electron chi connectivity index (χ0n) is 14.9. The molecule has 1 aliphatic carbocycles. The van der Waals surface area contributed by atoms with Gasteiger partial charge in [-0.05, 0) is 37.5 Å². The first-order valence-electron chi connectivity index (χ1n) is 9.87. The van der Waals surface area contributed by atoms with Crippen molar-refractivity contribution in [3.63, 3.8) is 0 Å². The molecule has 0 spiro atoms. The highest BCUT2D eigenvalue weighted by molar-refractivity contribution is 5.32. The second-order valence-electron chi connectivity index (χ2n) is 7.36. The number of isocyanates is 1. The number of unbranched alkanes of at least 4 members (excludes halogenated alkanes) is 7. The second kappa shape index (κ2) is 12.9. The SMILES string of the molecule is CCCCCCC1(CCCCCCCN=C=O)CCCCC1. The predicted molar refractivity (Wildman–Crippen MR) is 95.0 cm³/mol. The average molecular weight is 308 g/mol. The molecule has 1 aliphatic rings. The lowest BCUT2D eigenvalue weighted by atomic mass is 9.68. The van der Waals surface area contributed by atoms with Crippen LogP contribution in [0.25, 0.3) is 0 Å². The Balaban J connectivity index is 2.16. The molecule has 0 atom stereocenters. The van der Waals surface area contributed by atoms with E-state index in [4.69, 9.17) is 0 Å². The monoisotopic (exact) mass is 307 g/mol. The zero-order valence-corrected chi connectivity index (χ0v) is 14.9. The van der Waals surface area contributed by atoms with E-state index in [0.29, 0.717) is 12.0 Å². The Labute approximate surface area is 138 Å². The maximum Gasteiger partial charge on any atom is 0.234 e. The van der Waals surface area contributed by atoms with Crippen molar-refractivity contribution in [2.75, 3.05) is 6.54 Å². The molecule has 0 heterocycles. The van der Waals surface area contributed by atoms with Crippen molar-refractivity contribution in [2.45, 2.75) is 110 Å². The number of hydrogen-bond donors (Lipinski definition) is 0. The van der Waals surface area contributed by atoms with Gasteiger partial charge in [0.15, 0.2) is 0 Å². The number of nitrogens with zero attached hydrogens (tertiary/aromatic N) is 1. The van der Waals surface area contributed by atoms with Crippen LogP contribution in [0.5, 0.6) is 0 Å². The summed E-state index contributed by atoms with van der Waals surface area (Å²) in [6.45, 7) is 2.97. The maximum absolute atomic E-state index is 9.99. The minimum absolute atomic E-state index is 0.671. The maximum atomic E-state index is 9.99. The summed E-state index contributed by atoms with van der Waals surface area (Å²) >= 11 is 0. The topological polar surface area (TPSA) is 29.4 Å². The number of carbonyl (C=O) groups excluding carboxylic acids is 1. The van der Waals surface area contributed by atoms with Gasteiger partial charge in [0.25, 0.3) is 0 Å². The third-order valence-electron chi connectivity index (χ3n) is 5.52. The van der Waals surface area contributed by atoms with E-state index in [1.807, 2.05) is 0 Å². The lowest BCUT2D eigenvalue weighted by Crippen LogP contribution is -2.24.